The first-order valence-electron chi connectivity index (χ1n) is 16.8. The Morgan fingerprint density at radius 3 is 1.36 bits per heavy atom. The summed E-state index contributed by atoms with van der Waals surface area (Å²) in [6.45, 7) is 2.19. The van der Waals surface area contributed by atoms with Gasteiger partial charge in [0.15, 0.2) is 0 Å². The minimum Gasteiger partial charge on any atom is -0.423 e. The number of benzene rings is 6. The number of rotatable bonds is 5. The normalized spacial score (nSPS) is 10.0. The number of nitrogens with one attached hydrogen (secondary N) is 2. The van der Waals surface area contributed by atoms with E-state index in [2.05, 4.69) is 167 Å². The average molecular weight is 1360 g/mol. The number of hydrogen-bond donors (Lipinski definition) is 4. The Bertz CT molecular complexity index is 2380. The molecule has 296 valence electrons. The van der Waals surface area contributed by atoms with Gasteiger partial charge in [-0.3, -0.25) is 0 Å². The molecule has 0 unspecified atom stereocenters. The molecule has 8 rings (SSSR count). The van der Waals surface area contributed by atoms with E-state index in [0.29, 0.717) is 4.90 Å². The maximum atomic E-state index is 8.58. The number of H-pyrrole nitrogens is 2. The Hall–Kier alpha value is -0.157. The van der Waals surface area contributed by atoms with Crippen molar-refractivity contribution in [1.29, 1.82) is 0 Å². The molecule has 6 aromatic carbocycles. The number of halogens is 6. The maximum absolute atomic E-state index is 8.58. The van der Waals surface area contributed by atoms with Crippen LogP contribution in [-0.4, -0.2) is 26.6 Å². The van der Waals surface area contributed by atoms with Gasteiger partial charge in [-0.25, -0.2) is 0 Å². The second kappa shape index (κ2) is 27.8. The number of fused-ring (bicyclic) bond motifs is 2. The van der Waals surface area contributed by atoms with Gasteiger partial charge in [-0.15, -0.1) is 0 Å². The van der Waals surface area contributed by atoms with Crippen LogP contribution in [0.15, 0.2) is 162 Å². The average Bonchev–Trinajstić information content (AvgIpc) is 3.81. The zero-order chi connectivity index (χ0) is 38.7. The van der Waals surface area contributed by atoms with Crippen LogP contribution < -0.4 is 5.46 Å². The van der Waals surface area contributed by atoms with Crippen molar-refractivity contribution in [1.82, 2.24) is 9.97 Å². The minimum absolute atomic E-state index is 0. The van der Waals surface area contributed by atoms with Crippen LogP contribution in [0.2, 0.25) is 10.0 Å². The first-order chi connectivity index (χ1) is 25.9. The molecule has 2 heterocycles. The van der Waals surface area contributed by atoms with Crippen molar-refractivity contribution in [3.8, 4) is 33.6 Å². The molecule has 0 aliphatic heterocycles. The fourth-order valence-corrected chi connectivity index (χ4v) is 5.87. The van der Waals surface area contributed by atoms with Gasteiger partial charge in [0.1, 0.15) is -0.565 Å². The second-order valence-corrected chi connectivity index (χ2v) is 25.5. The van der Waals surface area contributed by atoms with Gasteiger partial charge < -0.3 is 34.9 Å². The van der Waals surface area contributed by atoms with E-state index in [4.69, 9.17) is 33.2 Å². The standard InChI is InChI=1S/C20H14ClN.C14H9BrClN.C6H7BO2.C3H5I3.2CH3.2Y/c21-18-9-6-15(7-10-18)20-13-17-12-16(8-11-19(17)22-20)14-4-2-1-3-5-14;15-11-3-6-13-10(7-11)8-14(17-13)9-1-4-12(16)5-2-9;8-7(9)6-4-2-1-3-5-6;1-2-3(4,5)6;;;;/h1-13,22H;1-8,17H;1-5,8-9H;2H2,1H3;2*1H3;;/q;;;;2*-1;;. The fourth-order valence-electron chi connectivity index (χ4n) is 5.24. The van der Waals surface area contributed by atoms with Gasteiger partial charge in [0.2, 0.25) is 0 Å². The van der Waals surface area contributed by atoms with Gasteiger partial charge in [0, 0.05) is 113 Å². The molecule has 0 spiro atoms. The van der Waals surface area contributed by atoms with Crippen molar-refractivity contribution in [3.63, 3.8) is 0 Å². The Morgan fingerprint density at radius 1 is 0.552 bits per heavy atom. The van der Waals surface area contributed by atoms with Gasteiger partial charge in [-0.05, 0) is 101 Å². The smallest absolute Gasteiger partial charge is 0.423 e. The van der Waals surface area contributed by atoms with Crippen molar-refractivity contribution in [3.05, 3.63) is 187 Å². The summed E-state index contributed by atoms with van der Waals surface area (Å²) in [6.07, 6.45) is 1.23. The summed E-state index contributed by atoms with van der Waals surface area (Å²) in [5.41, 5.74) is 9.77. The largest absolute Gasteiger partial charge is 0.488 e. The Balaban J connectivity index is 0.000000417. The molecule has 2 radical (unpaired) electrons. The van der Waals surface area contributed by atoms with Crippen LogP contribution >= 0.6 is 107 Å². The molecule has 0 aliphatic rings. The number of aromatic amines is 2. The second-order valence-electron chi connectivity index (χ2n) is 12.0. The number of aromatic nitrogens is 2. The van der Waals surface area contributed by atoms with Gasteiger partial charge in [-0.2, -0.15) is 0 Å². The molecule has 0 saturated carbocycles. The van der Waals surface area contributed by atoms with Crippen LogP contribution in [0.4, 0.5) is 0 Å². The van der Waals surface area contributed by atoms with Crippen LogP contribution in [-0.2, 0) is 65.4 Å². The molecule has 4 nitrogen and oxygen atoms in total. The van der Waals surface area contributed by atoms with Gasteiger partial charge >= 0.3 is 7.12 Å². The first kappa shape index (κ1) is 55.9. The Labute approximate surface area is 453 Å². The van der Waals surface area contributed by atoms with Gasteiger partial charge in [0.05, 0.1) is 0 Å². The quantitative estimate of drug-likeness (QED) is 0.0600. The molecule has 58 heavy (non-hydrogen) atoms. The molecule has 0 bridgehead atoms. The van der Waals surface area contributed by atoms with E-state index in [9.17, 15) is 0 Å². The molecule has 8 aromatic rings. The molecule has 0 saturated heterocycles. The molecule has 13 heteroatoms. The summed E-state index contributed by atoms with van der Waals surface area (Å²) in [5.74, 6) is 0. The monoisotopic (exact) mass is 1360 g/mol. The molecule has 0 aliphatic carbocycles. The third kappa shape index (κ3) is 17.9. The summed E-state index contributed by atoms with van der Waals surface area (Å²) in [6, 6.07) is 51.9. The van der Waals surface area contributed by atoms with Crippen LogP contribution in [0.1, 0.15) is 13.3 Å². The number of hydrogen-bond acceptors (Lipinski definition) is 2. The Morgan fingerprint density at radius 2 is 0.948 bits per heavy atom. The van der Waals surface area contributed by atoms with E-state index >= 15 is 0 Å². The molecule has 0 atom stereocenters. The predicted molar refractivity (Wildman–Crippen MR) is 275 cm³/mol. The van der Waals surface area contributed by atoms with Crippen LogP contribution in [0.5, 0.6) is 0 Å². The summed E-state index contributed by atoms with van der Waals surface area (Å²) < 4.78 is 1.54. The SMILES string of the molecule is CCC(I)(I)I.Clc1ccc(-c2cc3cc(-c4ccccc4)ccc3[nH]2)cc1.Clc1ccc(-c2cc3cc(Br)ccc3[nH]2)cc1.OB(O)c1ccccc1.[CH3-].[CH3-].[Y].[Y]. The van der Waals surface area contributed by atoms with E-state index in [1.807, 2.05) is 66.7 Å². The first-order valence-corrected chi connectivity index (χ1v) is 21.6. The van der Waals surface area contributed by atoms with Crippen LogP contribution in [0.3, 0.4) is 0 Å². The van der Waals surface area contributed by atoms with Crippen molar-refractivity contribution in [2.75, 3.05) is 0 Å². The van der Waals surface area contributed by atoms with Gasteiger partial charge in [-0.1, -0.05) is 205 Å². The van der Waals surface area contributed by atoms with E-state index < -0.39 is 7.12 Å². The third-order valence-corrected chi connectivity index (χ3v) is 11.4. The third-order valence-electron chi connectivity index (χ3n) is 8.12. The van der Waals surface area contributed by atoms with E-state index in [1.165, 1.54) is 28.3 Å². The summed E-state index contributed by atoms with van der Waals surface area (Å²) in [5, 5.41) is 21.1. The summed E-state index contributed by atoms with van der Waals surface area (Å²) in [7, 11) is -1.34. The van der Waals surface area contributed by atoms with Crippen molar-refractivity contribution in [2.24, 2.45) is 0 Å². The minimum atomic E-state index is -1.34. The van der Waals surface area contributed by atoms with E-state index in [0.717, 1.165) is 48.1 Å². The van der Waals surface area contributed by atoms with Crippen molar-refractivity contribution in [2.45, 2.75) is 12.8 Å². The topological polar surface area (TPSA) is 72.0 Å². The van der Waals surface area contributed by atoms with E-state index in [1.54, 1.807) is 24.3 Å². The maximum Gasteiger partial charge on any atom is 0.488 e. The zero-order valence-corrected chi connectivity index (χ0v) is 47.4. The van der Waals surface area contributed by atoms with Crippen molar-refractivity contribution >= 4 is 141 Å². The molecular weight excluding hydrogens is 1320 g/mol. The van der Waals surface area contributed by atoms with Gasteiger partial charge in [0.25, 0.3) is 0 Å². The molecule has 4 N–H and O–H groups in total. The molecule has 0 amide bonds. The van der Waals surface area contributed by atoms with Crippen molar-refractivity contribution < 1.29 is 75.5 Å². The van der Waals surface area contributed by atoms with Crippen LogP contribution in [0.25, 0.3) is 55.4 Å². The van der Waals surface area contributed by atoms with E-state index in [-0.39, 0.29) is 80.3 Å². The Kier molecular flexibility index (Phi) is 26.8. The molecule has 0 fully saturated rings. The zero-order valence-electron chi connectivity index (χ0n) is 32.1. The fraction of sp³-hybridized carbons (Fsp3) is 0.0667. The van der Waals surface area contributed by atoms with Crippen LogP contribution in [0, 0.1) is 14.9 Å². The summed E-state index contributed by atoms with van der Waals surface area (Å²) >= 11 is 22.6. The summed E-state index contributed by atoms with van der Waals surface area (Å²) in [4.78, 5) is 6.86. The molecular formula is C45H41BBrCl2I3N2O2Y2-2. The number of alkyl halides is 3. The predicted octanol–water partition coefficient (Wildman–Crippen LogP) is 15.0. The molecule has 2 aromatic heterocycles.